The molecule has 6 nitrogen and oxygen atoms in total. The molecule has 4 rings (SSSR count). The van der Waals surface area contributed by atoms with Gasteiger partial charge in [-0.3, -0.25) is 4.79 Å². The van der Waals surface area contributed by atoms with E-state index in [-0.39, 0.29) is 11.3 Å². The molecule has 2 aliphatic heterocycles. The predicted molar refractivity (Wildman–Crippen MR) is 94.1 cm³/mol. The fourth-order valence-corrected chi connectivity index (χ4v) is 4.51. The number of ether oxygens (including phenoxy) is 2. The van der Waals surface area contributed by atoms with Gasteiger partial charge in [-0.15, -0.1) is 11.3 Å². The van der Waals surface area contributed by atoms with E-state index < -0.39 is 0 Å². The third-order valence-electron chi connectivity index (χ3n) is 4.89. The highest BCUT2D eigenvalue weighted by Gasteiger charge is 2.46. The van der Waals surface area contributed by atoms with E-state index in [1.807, 2.05) is 36.4 Å². The first-order chi connectivity index (χ1) is 12.1. The Bertz CT molecular complexity index is 807. The monoisotopic (exact) mass is 359 g/mol. The minimum atomic E-state index is -0.222. The summed E-state index contributed by atoms with van der Waals surface area (Å²) in [5, 5.41) is 1.90. The number of aryl methyl sites for hydroxylation is 1. The highest BCUT2D eigenvalue weighted by Crippen LogP contribution is 2.40. The molecule has 1 saturated heterocycles. The first kappa shape index (κ1) is 16.5. The van der Waals surface area contributed by atoms with Crippen molar-refractivity contribution in [2.45, 2.75) is 32.3 Å². The quantitative estimate of drug-likeness (QED) is 0.843. The van der Waals surface area contributed by atoms with Crippen molar-refractivity contribution in [2.24, 2.45) is 0 Å². The molecular weight excluding hydrogens is 338 g/mol. The summed E-state index contributed by atoms with van der Waals surface area (Å²) in [7, 11) is 0. The van der Waals surface area contributed by atoms with E-state index >= 15 is 0 Å². The SMILES string of the molecule is CCOc1ccsc1C(=O)N1CC[C@@]2(COCc3cnc(C)nc32)C1. The molecule has 1 amide bonds. The van der Waals surface area contributed by atoms with Crippen LogP contribution in [-0.4, -0.2) is 47.1 Å². The van der Waals surface area contributed by atoms with Crippen LogP contribution in [-0.2, 0) is 16.8 Å². The van der Waals surface area contributed by atoms with Gasteiger partial charge in [0.1, 0.15) is 16.5 Å². The third-order valence-corrected chi connectivity index (χ3v) is 5.77. The maximum absolute atomic E-state index is 13.0. The van der Waals surface area contributed by atoms with Crippen LogP contribution in [0.1, 0.15) is 40.1 Å². The number of amides is 1. The van der Waals surface area contributed by atoms with Gasteiger partial charge in [-0.1, -0.05) is 0 Å². The van der Waals surface area contributed by atoms with Crippen molar-refractivity contribution >= 4 is 17.2 Å². The van der Waals surface area contributed by atoms with Gasteiger partial charge in [-0.05, 0) is 31.7 Å². The normalized spacial score (nSPS) is 22.2. The Morgan fingerprint density at radius 3 is 3.24 bits per heavy atom. The fourth-order valence-electron chi connectivity index (χ4n) is 3.71. The lowest BCUT2D eigenvalue weighted by molar-refractivity contribution is 0.0483. The van der Waals surface area contributed by atoms with Crippen LogP contribution >= 0.6 is 11.3 Å². The molecular formula is C18H21N3O3S. The number of aromatic nitrogens is 2. The molecule has 1 fully saturated rings. The van der Waals surface area contributed by atoms with Crippen molar-refractivity contribution in [3.8, 4) is 5.75 Å². The van der Waals surface area contributed by atoms with Crippen LogP contribution in [0.3, 0.4) is 0 Å². The summed E-state index contributed by atoms with van der Waals surface area (Å²) in [4.78, 5) is 24.6. The molecule has 132 valence electrons. The summed E-state index contributed by atoms with van der Waals surface area (Å²) >= 11 is 1.43. The van der Waals surface area contributed by atoms with E-state index in [4.69, 9.17) is 14.5 Å². The molecule has 2 aromatic heterocycles. The first-order valence-electron chi connectivity index (χ1n) is 8.53. The zero-order chi connectivity index (χ0) is 17.4. The van der Waals surface area contributed by atoms with Gasteiger partial charge >= 0.3 is 0 Å². The van der Waals surface area contributed by atoms with Crippen LogP contribution in [0.25, 0.3) is 0 Å². The first-order valence-corrected chi connectivity index (χ1v) is 9.41. The van der Waals surface area contributed by atoms with Crippen LogP contribution in [0.5, 0.6) is 5.75 Å². The summed E-state index contributed by atoms with van der Waals surface area (Å²) < 4.78 is 11.4. The Labute approximate surface area is 150 Å². The number of hydrogen-bond acceptors (Lipinski definition) is 6. The molecule has 1 atom stereocenters. The Morgan fingerprint density at radius 1 is 1.52 bits per heavy atom. The van der Waals surface area contributed by atoms with Gasteiger partial charge < -0.3 is 14.4 Å². The van der Waals surface area contributed by atoms with Gasteiger partial charge in [0.25, 0.3) is 5.91 Å². The van der Waals surface area contributed by atoms with Crippen molar-refractivity contribution in [1.29, 1.82) is 0 Å². The third kappa shape index (κ3) is 2.81. The van der Waals surface area contributed by atoms with E-state index in [2.05, 4.69) is 4.98 Å². The summed E-state index contributed by atoms with van der Waals surface area (Å²) in [5.74, 6) is 1.48. The van der Waals surface area contributed by atoms with Gasteiger partial charge in [0.15, 0.2) is 0 Å². The number of nitrogens with zero attached hydrogens (tertiary/aromatic N) is 3. The minimum absolute atomic E-state index is 0.0354. The lowest BCUT2D eigenvalue weighted by Gasteiger charge is -2.34. The zero-order valence-electron chi connectivity index (χ0n) is 14.4. The molecule has 0 aliphatic carbocycles. The molecule has 2 aliphatic rings. The molecule has 0 aromatic carbocycles. The Morgan fingerprint density at radius 2 is 2.40 bits per heavy atom. The number of fused-ring (bicyclic) bond motifs is 2. The number of carbonyl (C=O) groups excluding carboxylic acids is 1. The lowest BCUT2D eigenvalue weighted by Crippen LogP contribution is -2.41. The number of likely N-dealkylation sites (tertiary alicyclic amines) is 1. The van der Waals surface area contributed by atoms with Gasteiger partial charge in [0.2, 0.25) is 0 Å². The van der Waals surface area contributed by atoms with Crippen molar-refractivity contribution in [3.05, 3.63) is 39.6 Å². The molecule has 2 aromatic rings. The highest BCUT2D eigenvalue weighted by molar-refractivity contribution is 7.12. The summed E-state index contributed by atoms with van der Waals surface area (Å²) in [6.07, 6.45) is 2.72. The smallest absolute Gasteiger partial charge is 0.267 e. The van der Waals surface area contributed by atoms with Crippen LogP contribution < -0.4 is 4.74 Å². The van der Waals surface area contributed by atoms with Crippen LogP contribution in [0, 0.1) is 6.92 Å². The minimum Gasteiger partial charge on any atom is -0.492 e. The maximum atomic E-state index is 13.0. The average molecular weight is 359 g/mol. The van der Waals surface area contributed by atoms with Crippen molar-refractivity contribution in [3.63, 3.8) is 0 Å². The Kier molecular flexibility index (Phi) is 4.21. The molecule has 0 radical (unpaired) electrons. The number of carbonyl (C=O) groups is 1. The molecule has 25 heavy (non-hydrogen) atoms. The fraction of sp³-hybridized carbons (Fsp3) is 0.500. The van der Waals surface area contributed by atoms with E-state index in [1.165, 1.54) is 11.3 Å². The van der Waals surface area contributed by atoms with Crippen molar-refractivity contribution in [2.75, 3.05) is 26.3 Å². The average Bonchev–Trinajstić information content (AvgIpc) is 3.24. The van der Waals surface area contributed by atoms with E-state index in [1.54, 1.807) is 0 Å². The van der Waals surface area contributed by atoms with Crippen molar-refractivity contribution < 1.29 is 14.3 Å². The van der Waals surface area contributed by atoms with Gasteiger partial charge in [-0.2, -0.15) is 0 Å². The highest BCUT2D eigenvalue weighted by atomic mass is 32.1. The standard InChI is InChI=1S/C18H21N3O3S/c1-3-24-14-4-7-25-15(14)17(22)21-6-5-18(10-21)11-23-9-13-8-19-12(2)20-16(13)18/h4,7-8H,3,5-6,9-11H2,1-2H3/t18-/m0/s1. The second kappa shape index (κ2) is 6.38. The topological polar surface area (TPSA) is 64.5 Å². The summed E-state index contributed by atoms with van der Waals surface area (Å²) in [6, 6.07) is 1.86. The van der Waals surface area contributed by atoms with Gasteiger partial charge in [0, 0.05) is 24.8 Å². The summed E-state index contributed by atoms with van der Waals surface area (Å²) in [5.41, 5.74) is 1.87. The number of thiophene rings is 1. The van der Waals surface area contributed by atoms with Gasteiger partial charge in [0.05, 0.1) is 30.9 Å². The molecule has 0 N–H and O–H groups in total. The molecule has 1 spiro atoms. The predicted octanol–water partition coefficient (Wildman–Crippen LogP) is 2.56. The molecule has 4 heterocycles. The second-order valence-corrected chi connectivity index (χ2v) is 7.50. The Hall–Kier alpha value is -1.99. The largest absolute Gasteiger partial charge is 0.492 e. The molecule has 0 bridgehead atoms. The van der Waals surface area contributed by atoms with E-state index in [0.29, 0.717) is 43.5 Å². The van der Waals surface area contributed by atoms with E-state index in [0.717, 1.165) is 23.5 Å². The lowest BCUT2D eigenvalue weighted by atomic mass is 9.80. The van der Waals surface area contributed by atoms with Crippen LogP contribution in [0.4, 0.5) is 0 Å². The maximum Gasteiger partial charge on any atom is 0.267 e. The Balaban J connectivity index is 1.61. The number of rotatable bonds is 3. The molecule has 7 heteroatoms. The van der Waals surface area contributed by atoms with Crippen molar-refractivity contribution in [1.82, 2.24) is 14.9 Å². The van der Waals surface area contributed by atoms with E-state index in [9.17, 15) is 4.79 Å². The molecule has 0 saturated carbocycles. The van der Waals surface area contributed by atoms with Crippen LogP contribution in [0.15, 0.2) is 17.6 Å². The second-order valence-electron chi connectivity index (χ2n) is 6.59. The van der Waals surface area contributed by atoms with Crippen LogP contribution in [0.2, 0.25) is 0 Å². The zero-order valence-corrected chi connectivity index (χ0v) is 15.3. The summed E-state index contributed by atoms with van der Waals surface area (Å²) in [6.45, 7) is 6.86. The number of hydrogen-bond donors (Lipinski definition) is 0. The molecule has 0 unspecified atom stereocenters. The van der Waals surface area contributed by atoms with Gasteiger partial charge in [-0.25, -0.2) is 9.97 Å².